The smallest absolute Gasteiger partial charge is 0.0719 e. The molecule has 3 rings (SSSR count). The maximum atomic E-state index is 4.87. The molecule has 2 heterocycles. The second-order valence-corrected chi connectivity index (χ2v) is 7.05. The molecule has 0 spiro atoms. The molecule has 0 aliphatic carbocycles. The second kappa shape index (κ2) is 6.84. The number of hydrogen-bond acceptors (Lipinski definition) is 3. The van der Waals surface area contributed by atoms with E-state index in [0.29, 0.717) is 6.04 Å². The molecule has 1 fully saturated rings. The standard InChI is InChI=1S/C17H25N3S/c1-3-18-15(17-10-7-11-21-17)12-14-13-8-5-6-9-16(13)20(4-2)19-14/h5-6,8-9,15,17-18H,3-4,7,10-12H2,1-2H3. The minimum Gasteiger partial charge on any atom is -0.313 e. The third-order valence-corrected chi connectivity index (χ3v) is 5.84. The third-order valence-electron chi connectivity index (χ3n) is 4.33. The van der Waals surface area contributed by atoms with Crippen LogP contribution in [-0.2, 0) is 13.0 Å². The van der Waals surface area contributed by atoms with Crippen LogP contribution in [0.2, 0.25) is 0 Å². The zero-order valence-corrected chi connectivity index (χ0v) is 13.8. The Kier molecular flexibility index (Phi) is 4.86. The molecule has 4 heteroatoms. The van der Waals surface area contributed by atoms with Gasteiger partial charge in [-0.2, -0.15) is 16.9 Å². The summed E-state index contributed by atoms with van der Waals surface area (Å²) < 4.78 is 2.13. The van der Waals surface area contributed by atoms with E-state index in [0.717, 1.165) is 24.8 Å². The van der Waals surface area contributed by atoms with Gasteiger partial charge in [0, 0.05) is 29.6 Å². The average molecular weight is 303 g/mol. The zero-order chi connectivity index (χ0) is 14.7. The fraction of sp³-hybridized carbons (Fsp3) is 0.588. The largest absolute Gasteiger partial charge is 0.313 e. The molecule has 1 N–H and O–H groups in total. The van der Waals surface area contributed by atoms with Gasteiger partial charge in [-0.25, -0.2) is 0 Å². The molecule has 0 radical (unpaired) electrons. The number of thioether (sulfide) groups is 1. The molecule has 2 atom stereocenters. The predicted octanol–water partition coefficient (Wildman–Crippen LogP) is 3.47. The van der Waals surface area contributed by atoms with Gasteiger partial charge in [-0.3, -0.25) is 4.68 Å². The molecule has 1 saturated heterocycles. The van der Waals surface area contributed by atoms with Crippen molar-refractivity contribution in [1.29, 1.82) is 0 Å². The lowest BCUT2D eigenvalue weighted by molar-refractivity contribution is 0.488. The Morgan fingerprint density at radius 1 is 1.38 bits per heavy atom. The quantitative estimate of drug-likeness (QED) is 0.886. The second-order valence-electron chi connectivity index (χ2n) is 5.70. The van der Waals surface area contributed by atoms with Crippen LogP contribution in [0.4, 0.5) is 0 Å². The number of likely N-dealkylation sites (N-methyl/N-ethyl adjacent to an activating group) is 1. The molecule has 1 aliphatic rings. The highest BCUT2D eigenvalue weighted by molar-refractivity contribution is 8.00. The lowest BCUT2D eigenvalue weighted by atomic mass is 10.0. The summed E-state index contributed by atoms with van der Waals surface area (Å²) in [5.41, 5.74) is 2.52. The molecule has 114 valence electrons. The van der Waals surface area contributed by atoms with Crippen LogP contribution in [0, 0.1) is 0 Å². The number of nitrogens with one attached hydrogen (secondary N) is 1. The molecule has 1 aliphatic heterocycles. The van der Waals surface area contributed by atoms with Gasteiger partial charge in [0.05, 0.1) is 11.2 Å². The summed E-state index contributed by atoms with van der Waals surface area (Å²) in [4.78, 5) is 0. The Labute approximate surface area is 131 Å². The summed E-state index contributed by atoms with van der Waals surface area (Å²) in [7, 11) is 0. The van der Waals surface area contributed by atoms with Gasteiger partial charge in [0.25, 0.3) is 0 Å². The zero-order valence-electron chi connectivity index (χ0n) is 13.0. The summed E-state index contributed by atoms with van der Waals surface area (Å²) in [6.07, 6.45) is 3.75. The van der Waals surface area contributed by atoms with Crippen molar-refractivity contribution < 1.29 is 0 Å². The van der Waals surface area contributed by atoms with Crippen molar-refractivity contribution in [3.05, 3.63) is 30.0 Å². The number of nitrogens with zero attached hydrogens (tertiary/aromatic N) is 2. The summed E-state index contributed by atoms with van der Waals surface area (Å²) in [5, 5.41) is 10.6. The van der Waals surface area contributed by atoms with Gasteiger partial charge < -0.3 is 5.32 Å². The maximum Gasteiger partial charge on any atom is 0.0719 e. The van der Waals surface area contributed by atoms with Crippen LogP contribution in [0.3, 0.4) is 0 Å². The normalized spacial score (nSPS) is 20.2. The highest BCUT2D eigenvalue weighted by Gasteiger charge is 2.26. The fourth-order valence-corrected chi connectivity index (χ4v) is 4.71. The van der Waals surface area contributed by atoms with Gasteiger partial charge in [-0.15, -0.1) is 0 Å². The van der Waals surface area contributed by atoms with Crippen molar-refractivity contribution in [3.63, 3.8) is 0 Å². The van der Waals surface area contributed by atoms with E-state index >= 15 is 0 Å². The molecule has 3 nitrogen and oxygen atoms in total. The molecule has 2 unspecified atom stereocenters. The summed E-state index contributed by atoms with van der Waals surface area (Å²) in [6, 6.07) is 9.18. The highest BCUT2D eigenvalue weighted by Crippen LogP contribution is 2.31. The van der Waals surface area contributed by atoms with Crippen molar-refractivity contribution in [2.45, 2.75) is 50.9 Å². The average Bonchev–Trinajstić information content (AvgIpc) is 3.15. The molecule has 1 aromatic carbocycles. The van der Waals surface area contributed by atoms with E-state index in [4.69, 9.17) is 5.10 Å². The first kappa shape index (κ1) is 14.9. The van der Waals surface area contributed by atoms with Gasteiger partial charge in [-0.05, 0) is 38.1 Å². The van der Waals surface area contributed by atoms with Crippen LogP contribution in [0.5, 0.6) is 0 Å². The lowest BCUT2D eigenvalue weighted by Gasteiger charge is -2.23. The predicted molar refractivity (Wildman–Crippen MR) is 92.1 cm³/mol. The number of aryl methyl sites for hydroxylation is 1. The van der Waals surface area contributed by atoms with E-state index < -0.39 is 0 Å². The van der Waals surface area contributed by atoms with Crippen molar-refractivity contribution in [3.8, 4) is 0 Å². The summed E-state index contributed by atoms with van der Waals surface area (Å²) in [5.74, 6) is 1.32. The van der Waals surface area contributed by atoms with E-state index in [-0.39, 0.29) is 0 Å². The first-order chi connectivity index (χ1) is 10.3. The van der Waals surface area contributed by atoms with Crippen LogP contribution in [0.25, 0.3) is 10.9 Å². The lowest BCUT2D eigenvalue weighted by Crippen LogP contribution is -2.39. The van der Waals surface area contributed by atoms with Crippen LogP contribution in [0.15, 0.2) is 24.3 Å². The molecular weight excluding hydrogens is 278 g/mol. The Morgan fingerprint density at radius 2 is 2.24 bits per heavy atom. The fourth-order valence-electron chi connectivity index (χ4n) is 3.31. The Hall–Kier alpha value is -1.00. The van der Waals surface area contributed by atoms with Crippen LogP contribution in [0.1, 0.15) is 32.4 Å². The van der Waals surface area contributed by atoms with Crippen LogP contribution >= 0.6 is 11.8 Å². The summed E-state index contributed by atoms with van der Waals surface area (Å²) >= 11 is 2.13. The van der Waals surface area contributed by atoms with E-state index in [1.807, 2.05) is 0 Å². The van der Waals surface area contributed by atoms with Crippen LogP contribution in [-0.4, -0.2) is 33.4 Å². The number of para-hydroxylation sites is 1. The van der Waals surface area contributed by atoms with Crippen molar-refractivity contribution in [2.75, 3.05) is 12.3 Å². The molecular formula is C17H25N3S. The van der Waals surface area contributed by atoms with E-state index in [2.05, 4.69) is 59.9 Å². The Balaban J connectivity index is 1.88. The Morgan fingerprint density at radius 3 is 2.95 bits per heavy atom. The molecule has 21 heavy (non-hydrogen) atoms. The number of rotatable bonds is 6. The monoisotopic (exact) mass is 303 g/mol. The minimum atomic E-state index is 0.547. The molecule has 0 bridgehead atoms. The maximum absolute atomic E-state index is 4.87. The Bertz CT molecular complexity index is 587. The first-order valence-corrected chi connectivity index (χ1v) is 9.17. The van der Waals surface area contributed by atoms with E-state index in [1.54, 1.807) is 0 Å². The highest BCUT2D eigenvalue weighted by atomic mass is 32.2. The number of hydrogen-bond donors (Lipinski definition) is 1. The van der Waals surface area contributed by atoms with Crippen molar-refractivity contribution in [1.82, 2.24) is 15.1 Å². The molecule has 2 aromatic rings. The third kappa shape index (κ3) is 3.11. The topological polar surface area (TPSA) is 29.9 Å². The van der Waals surface area contributed by atoms with Crippen molar-refractivity contribution in [2.24, 2.45) is 0 Å². The minimum absolute atomic E-state index is 0.547. The van der Waals surface area contributed by atoms with Gasteiger partial charge in [0.1, 0.15) is 0 Å². The molecule has 0 amide bonds. The number of aromatic nitrogens is 2. The van der Waals surface area contributed by atoms with Gasteiger partial charge in [0.2, 0.25) is 0 Å². The van der Waals surface area contributed by atoms with Crippen molar-refractivity contribution >= 4 is 22.7 Å². The summed E-state index contributed by atoms with van der Waals surface area (Å²) in [6.45, 7) is 6.34. The van der Waals surface area contributed by atoms with E-state index in [9.17, 15) is 0 Å². The van der Waals surface area contributed by atoms with Gasteiger partial charge in [-0.1, -0.05) is 25.1 Å². The molecule has 0 saturated carbocycles. The number of fused-ring (bicyclic) bond motifs is 1. The molecule has 1 aromatic heterocycles. The van der Waals surface area contributed by atoms with Gasteiger partial charge >= 0.3 is 0 Å². The van der Waals surface area contributed by atoms with Gasteiger partial charge in [0.15, 0.2) is 0 Å². The number of benzene rings is 1. The first-order valence-electron chi connectivity index (χ1n) is 8.12. The van der Waals surface area contributed by atoms with Crippen LogP contribution < -0.4 is 5.32 Å². The van der Waals surface area contributed by atoms with E-state index in [1.165, 1.54) is 35.2 Å². The SMILES string of the molecule is CCNC(Cc1nn(CC)c2ccccc12)C1CCCS1.